The third-order valence-electron chi connectivity index (χ3n) is 4.35. The van der Waals surface area contributed by atoms with Gasteiger partial charge in [-0.15, -0.1) is 0 Å². The SMILES string of the molecule is C=C/C=C\C(=C/C)C(CCNC)Oc1ccc(C(C)(F)F)cc1.O=COc1ccccc1. The first-order chi connectivity index (χ1) is 15.3. The Balaban J connectivity index is 0.000000471. The molecule has 1 N–H and O–H groups in total. The molecule has 0 aromatic heterocycles. The van der Waals surface area contributed by atoms with Gasteiger partial charge < -0.3 is 14.8 Å². The van der Waals surface area contributed by atoms with E-state index < -0.39 is 5.92 Å². The van der Waals surface area contributed by atoms with Gasteiger partial charge in [0, 0.05) is 18.9 Å². The summed E-state index contributed by atoms with van der Waals surface area (Å²) < 4.78 is 37.0. The molecular formula is C26H31F2NO3. The molecule has 0 amide bonds. The minimum Gasteiger partial charge on any atom is -0.486 e. The quantitative estimate of drug-likeness (QED) is 0.338. The van der Waals surface area contributed by atoms with Gasteiger partial charge in [-0.2, -0.15) is 0 Å². The summed E-state index contributed by atoms with van der Waals surface area (Å²) in [5, 5.41) is 3.10. The molecule has 2 rings (SSSR count). The number of ether oxygens (including phenoxy) is 2. The molecule has 0 bridgehead atoms. The Morgan fingerprint density at radius 1 is 1.12 bits per heavy atom. The summed E-state index contributed by atoms with van der Waals surface area (Å²) in [7, 11) is 1.88. The number of para-hydroxylation sites is 1. The Labute approximate surface area is 189 Å². The molecule has 0 saturated heterocycles. The standard InChI is InChI=1S/C19H25F2NO.C7H6O2/c1-5-7-8-15(6-2)18(13-14-22-4)23-17-11-9-16(10-12-17)19(3,20)21;8-6-9-7-4-2-1-3-5-7/h5-12,18,22H,1,13-14H2,2-4H3;1-6H/b8-7-,15-6+;. The number of hydrogen-bond acceptors (Lipinski definition) is 4. The summed E-state index contributed by atoms with van der Waals surface area (Å²) in [5.41, 5.74) is 1.000. The summed E-state index contributed by atoms with van der Waals surface area (Å²) in [5.74, 6) is -1.69. The van der Waals surface area contributed by atoms with E-state index in [0.717, 1.165) is 25.5 Å². The average molecular weight is 444 g/mol. The maximum Gasteiger partial charge on any atom is 0.298 e. The highest BCUT2D eigenvalue weighted by Gasteiger charge is 2.24. The highest BCUT2D eigenvalue weighted by atomic mass is 19.3. The Hall–Kier alpha value is -3.25. The first kappa shape index (κ1) is 26.8. The van der Waals surface area contributed by atoms with E-state index in [1.165, 1.54) is 12.1 Å². The maximum atomic E-state index is 13.3. The number of hydrogen-bond donors (Lipinski definition) is 1. The minimum absolute atomic E-state index is 0.0190. The molecule has 0 radical (unpaired) electrons. The van der Waals surface area contributed by atoms with E-state index in [9.17, 15) is 13.6 Å². The van der Waals surface area contributed by atoms with Crippen molar-refractivity contribution >= 4 is 6.47 Å². The van der Waals surface area contributed by atoms with Gasteiger partial charge in [-0.3, -0.25) is 4.79 Å². The predicted octanol–water partition coefficient (Wildman–Crippen LogP) is 6.07. The third kappa shape index (κ3) is 10.2. The van der Waals surface area contributed by atoms with Gasteiger partial charge in [0.25, 0.3) is 12.4 Å². The number of alkyl halides is 2. The van der Waals surface area contributed by atoms with Gasteiger partial charge in [0.15, 0.2) is 0 Å². The average Bonchev–Trinajstić information content (AvgIpc) is 2.79. The lowest BCUT2D eigenvalue weighted by atomic mass is 10.1. The van der Waals surface area contributed by atoms with Crippen LogP contribution in [0.5, 0.6) is 11.5 Å². The first-order valence-electron chi connectivity index (χ1n) is 10.3. The number of allylic oxidation sites excluding steroid dienone is 3. The van der Waals surface area contributed by atoms with Crippen LogP contribution in [0.1, 0.15) is 25.8 Å². The molecule has 2 aromatic rings. The van der Waals surface area contributed by atoms with Crippen molar-refractivity contribution in [2.24, 2.45) is 0 Å². The second kappa shape index (κ2) is 14.7. The van der Waals surface area contributed by atoms with Crippen LogP contribution in [0.25, 0.3) is 0 Å². The number of nitrogens with one attached hydrogen (secondary N) is 1. The Morgan fingerprint density at radius 2 is 1.78 bits per heavy atom. The lowest BCUT2D eigenvalue weighted by molar-refractivity contribution is -0.120. The molecule has 172 valence electrons. The lowest BCUT2D eigenvalue weighted by Crippen LogP contribution is -2.24. The van der Waals surface area contributed by atoms with Gasteiger partial charge >= 0.3 is 0 Å². The molecule has 1 unspecified atom stereocenters. The zero-order chi connectivity index (χ0) is 23.8. The molecule has 32 heavy (non-hydrogen) atoms. The van der Waals surface area contributed by atoms with Crippen LogP contribution < -0.4 is 14.8 Å². The molecule has 6 heteroatoms. The van der Waals surface area contributed by atoms with E-state index in [4.69, 9.17) is 4.74 Å². The molecule has 0 spiro atoms. The van der Waals surface area contributed by atoms with E-state index in [1.54, 1.807) is 42.5 Å². The van der Waals surface area contributed by atoms with E-state index >= 15 is 0 Å². The molecule has 4 nitrogen and oxygen atoms in total. The molecule has 0 aliphatic heterocycles. The second-order valence-corrected chi connectivity index (χ2v) is 6.82. The highest BCUT2D eigenvalue weighted by Crippen LogP contribution is 2.29. The number of carbonyl (C=O) groups is 1. The monoisotopic (exact) mass is 443 g/mol. The first-order valence-corrected chi connectivity index (χ1v) is 10.3. The van der Waals surface area contributed by atoms with Crippen molar-refractivity contribution in [1.29, 1.82) is 0 Å². The number of carbonyl (C=O) groups excluding carboxylic acids is 1. The fourth-order valence-corrected chi connectivity index (χ4v) is 2.68. The molecule has 0 fully saturated rings. The molecule has 2 aromatic carbocycles. The normalized spacial score (nSPS) is 12.5. The van der Waals surface area contributed by atoms with Gasteiger partial charge in [-0.1, -0.05) is 49.1 Å². The maximum absolute atomic E-state index is 13.3. The van der Waals surface area contributed by atoms with Gasteiger partial charge in [0.1, 0.15) is 17.6 Å². The van der Waals surface area contributed by atoms with E-state index in [-0.39, 0.29) is 11.7 Å². The van der Waals surface area contributed by atoms with Gasteiger partial charge in [-0.05, 0) is 62.5 Å². The van der Waals surface area contributed by atoms with Crippen molar-refractivity contribution in [2.45, 2.75) is 32.3 Å². The molecule has 0 aliphatic carbocycles. The van der Waals surface area contributed by atoms with Crippen molar-refractivity contribution in [3.63, 3.8) is 0 Å². The van der Waals surface area contributed by atoms with Crippen LogP contribution in [0.15, 0.2) is 91.1 Å². The highest BCUT2D eigenvalue weighted by molar-refractivity contribution is 5.44. The predicted molar refractivity (Wildman–Crippen MR) is 125 cm³/mol. The van der Waals surface area contributed by atoms with Crippen LogP contribution in [-0.2, 0) is 10.7 Å². The van der Waals surface area contributed by atoms with Crippen molar-refractivity contribution in [2.75, 3.05) is 13.6 Å². The van der Waals surface area contributed by atoms with Gasteiger partial charge in [0.2, 0.25) is 0 Å². The van der Waals surface area contributed by atoms with Crippen molar-refractivity contribution in [1.82, 2.24) is 5.32 Å². The smallest absolute Gasteiger partial charge is 0.298 e. The number of rotatable bonds is 11. The third-order valence-corrected chi connectivity index (χ3v) is 4.35. The fourth-order valence-electron chi connectivity index (χ4n) is 2.68. The zero-order valence-electron chi connectivity index (χ0n) is 18.8. The van der Waals surface area contributed by atoms with Crippen LogP contribution >= 0.6 is 0 Å². The number of benzene rings is 2. The Morgan fingerprint density at radius 3 is 2.28 bits per heavy atom. The van der Waals surface area contributed by atoms with E-state index in [2.05, 4.69) is 16.6 Å². The molecular weight excluding hydrogens is 412 g/mol. The summed E-state index contributed by atoms with van der Waals surface area (Å²) in [6.07, 6.45) is 8.10. The van der Waals surface area contributed by atoms with Crippen LogP contribution in [0.2, 0.25) is 0 Å². The summed E-state index contributed by atoms with van der Waals surface area (Å²) >= 11 is 0. The van der Waals surface area contributed by atoms with Crippen LogP contribution in [0, 0.1) is 0 Å². The fraction of sp³-hybridized carbons (Fsp3) is 0.269. The van der Waals surface area contributed by atoms with Crippen molar-refractivity contribution in [3.8, 4) is 11.5 Å². The molecule has 0 heterocycles. The largest absolute Gasteiger partial charge is 0.486 e. The van der Waals surface area contributed by atoms with Crippen molar-refractivity contribution in [3.05, 3.63) is 96.6 Å². The van der Waals surface area contributed by atoms with E-state index in [0.29, 0.717) is 18.0 Å². The Bertz CT molecular complexity index is 857. The summed E-state index contributed by atoms with van der Waals surface area (Å²) in [6.45, 7) is 7.69. The van der Waals surface area contributed by atoms with Gasteiger partial charge in [-0.25, -0.2) is 8.78 Å². The summed E-state index contributed by atoms with van der Waals surface area (Å²) in [6, 6.07) is 14.9. The molecule has 1 atom stereocenters. The van der Waals surface area contributed by atoms with Crippen LogP contribution in [-0.4, -0.2) is 26.2 Å². The second-order valence-electron chi connectivity index (χ2n) is 6.82. The van der Waals surface area contributed by atoms with E-state index in [1.807, 2.05) is 38.3 Å². The number of halogens is 2. The minimum atomic E-state index is -2.84. The van der Waals surface area contributed by atoms with Crippen LogP contribution in [0.4, 0.5) is 8.78 Å². The summed E-state index contributed by atoms with van der Waals surface area (Å²) in [4.78, 5) is 9.75. The molecule has 0 aliphatic rings. The lowest BCUT2D eigenvalue weighted by Gasteiger charge is -2.21. The molecule has 0 saturated carbocycles. The Kier molecular flexibility index (Phi) is 12.3. The zero-order valence-corrected chi connectivity index (χ0v) is 18.8. The van der Waals surface area contributed by atoms with Gasteiger partial charge in [0.05, 0.1) is 0 Å². The van der Waals surface area contributed by atoms with Crippen LogP contribution in [0.3, 0.4) is 0 Å². The topological polar surface area (TPSA) is 47.6 Å². The van der Waals surface area contributed by atoms with Crippen molar-refractivity contribution < 1.29 is 23.0 Å².